The summed E-state index contributed by atoms with van der Waals surface area (Å²) in [7, 11) is 0. The molecule has 72 valence electrons. The Kier molecular flexibility index (Phi) is 2.63. The molecule has 2 rings (SSSR count). The highest BCUT2D eigenvalue weighted by atomic mass is 16.5. The second-order valence-corrected chi connectivity index (χ2v) is 3.21. The topological polar surface area (TPSA) is 22.1 Å². The molecule has 2 heteroatoms. The molecule has 0 N–H and O–H groups in total. The van der Waals surface area contributed by atoms with Gasteiger partial charge in [0.25, 0.3) is 0 Å². The number of rotatable bonds is 3. The summed E-state index contributed by atoms with van der Waals surface area (Å²) in [6, 6.07) is 8.12. The van der Waals surface area contributed by atoms with Crippen LogP contribution in [0.25, 0.3) is 10.8 Å². The molecular weight excluding hydrogens is 174 g/mol. The molecule has 0 radical (unpaired) electrons. The van der Waals surface area contributed by atoms with Crippen LogP contribution in [0.15, 0.2) is 36.7 Å². The lowest BCUT2D eigenvalue weighted by Crippen LogP contribution is -1.96. The predicted molar refractivity (Wildman–Crippen MR) is 57.5 cm³/mol. The molecule has 0 saturated heterocycles. The molecule has 0 aliphatic heterocycles. The van der Waals surface area contributed by atoms with Gasteiger partial charge < -0.3 is 4.74 Å². The van der Waals surface area contributed by atoms with E-state index in [-0.39, 0.29) is 0 Å². The Balaban J connectivity index is 2.43. The zero-order chi connectivity index (χ0) is 9.80. The lowest BCUT2D eigenvalue weighted by atomic mass is 10.2. The van der Waals surface area contributed by atoms with Gasteiger partial charge in [0.1, 0.15) is 5.75 Å². The van der Waals surface area contributed by atoms with Crippen LogP contribution in [0.2, 0.25) is 0 Å². The minimum atomic E-state index is 0.746. The average Bonchev–Trinajstić information content (AvgIpc) is 2.26. The normalized spacial score (nSPS) is 10.4. The Morgan fingerprint density at radius 3 is 2.93 bits per heavy atom. The first-order valence-electron chi connectivity index (χ1n) is 4.87. The summed E-state index contributed by atoms with van der Waals surface area (Å²) in [5.41, 5.74) is 0. The third-order valence-electron chi connectivity index (χ3n) is 2.09. The molecule has 1 aromatic heterocycles. The van der Waals surface area contributed by atoms with Crippen LogP contribution < -0.4 is 4.74 Å². The van der Waals surface area contributed by atoms with E-state index in [1.807, 2.05) is 24.4 Å². The molecule has 0 saturated carbocycles. The highest BCUT2D eigenvalue weighted by Gasteiger charge is 2.00. The fourth-order valence-electron chi connectivity index (χ4n) is 1.42. The van der Waals surface area contributed by atoms with Crippen molar-refractivity contribution in [3.05, 3.63) is 36.7 Å². The summed E-state index contributed by atoms with van der Waals surface area (Å²) in [4.78, 5) is 4.14. The minimum Gasteiger partial charge on any atom is -0.491 e. The zero-order valence-electron chi connectivity index (χ0n) is 8.23. The number of hydrogen-bond acceptors (Lipinski definition) is 2. The lowest BCUT2D eigenvalue weighted by molar-refractivity contribution is 0.320. The number of benzene rings is 1. The number of hydrogen-bond donors (Lipinski definition) is 0. The fraction of sp³-hybridized carbons (Fsp3) is 0.250. The average molecular weight is 187 g/mol. The van der Waals surface area contributed by atoms with Gasteiger partial charge in [0.05, 0.1) is 12.8 Å². The number of fused-ring (bicyclic) bond motifs is 1. The molecule has 1 heterocycles. The van der Waals surface area contributed by atoms with Crippen molar-refractivity contribution in [3.8, 4) is 5.75 Å². The summed E-state index contributed by atoms with van der Waals surface area (Å²) < 4.78 is 5.61. The second kappa shape index (κ2) is 4.09. The third-order valence-corrected chi connectivity index (χ3v) is 2.09. The zero-order valence-corrected chi connectivity index (χ0v) is 8.23. The van der Waals surface area contributed by atoms with Crippen molar-refractivity contribution in [1.29, 1.82) is 0 Å². The monoisotopic (exact) mass is 187 g/mol. The summed E-state index contributed by atoms with van der Waals surface area (Å²) in [6.07, 6.45) is 4.65. The Labute approximate surface area is 83.5 Å². The largest absolute Gasteiger partial charge is 0.491 e. The van der Waals surface area contributed by atoms with E-state index in [2.05, 4.69) is 18.0 Å². The van der Waals surface area contributed by atoms with E-state index in [9.17, 15) is 0 Å². The van der Waals surface area contributed by atoms with Crippen molar-refractivity contribution in [3.63, 3.8) is 0 Å². The van der Waals surface area contributed by atoms with E-state index in [1.54, 1.807) is 6.20 Å². The molecule has 1 aromatic carbocycles. The Morgan fingerprint density at radius 2 is 2.07 bits per heavy atom. The molecule has 0 amide bonds. The van der Waals surface area contributed by atoms with Crippen LogP contribution in [0.4, 0.5) is 0 Å². The van der Waals surface area contributed by atoms with E-state index in [4.69, 9.17) is 4.74 Å². The van der Waals surface area contributed by atoms with Crippen molar-refractivity contribution in [2.45, 2.75) is 13.3 Å². The van der Waals surface area contributed by atoms with Gasteiger partial charge in [-0.3, -0.25) is 4.98 Å². The van der Waals surface area contributed by atoms with Gasteiger partial charge in [-0.25, -0.2) is 0 Å². The Morgan fingerprint density at radius 1 is 1.21 bits per heavy atom. The van der Waals surface area contributed by atoms with Crippen molar-refractivity contribution < 1.29 is 4.74 Å². The number of pyridine rings is 1. The fourth-order valence-corrected chi connectivity index (χ4v) is 1.42. The first-order chi connectivity index (χ1) is 6.92. The molecule has 0 atom stereocenters. The minimum absolute atomic E-state index is 0.746. The summed E-state index contributed by atoms with van der Waals surface area (Å²) in [5.74, 6) is 0.880. The van der Waals surface area contributed by atoms with Gasteiger partial charge in [-0.1, -0.05) is 31.2 Å². The molecule has 0 fully saturated rings. The molecule has 0 aliphatic carbocycles. The van der Waals surface area contributed by atoms with Crippen molar-refractivity contribution in [1.82, 2.24) is 4.98 Å². The predicted octanol–water partition coefficient (Wildman–Crippen LogP) is 3.02. The molecule has 0 unspecified atom stereocenters. The molecule has 0 bridgehead atoms. The van der Waals surface area contributed by atoms with Crippen LogP contribution in [0.1, 0.15) is 13.3 Å². The Bertz CT molecular complexity index is 420. The first kappa shape index (κ1) is 9.00. The van der Waals surface area contributed by atoms with Gasteiger partial charge in [-0.15, -0.1) is 0 Å². The van der Waals surface area contributed by atoms with E-state index >= 15 is 0 Å². The highest BCUT2D eigenvalue weighted by Crippen LogP contribution is 2.23. The summed E-state index contributed by atoms with van der Waals surface area (Å²) in [5, 5.41) is 2.26. The van der Waals surface area contributed by atoms with E-state index in [1.165, 1.54) is 0 Å². The van der Waals surface area contributed by atoms with Gasteiger partial charge in [0.15, 0.2) is 0 Å². The SMILES string of the molecule is CCCOc1cncc2ccccc12. The van der Waals surface area contributed by atoms with Crippen LogP contribution >= 0.6 is 0 Å². The first-order valence-corrected chi connectivity index (χ1v) is 4.87. The van der Waals surface area contributed by atoms with Crippen LogP contribution in [0.5, 0.6) is 5.75 Å². The van der Waals surface area contributed by atoms with Crippen molar-refractivity contribution in [2.75, 3.05) is 6.61 Å². The molecule has 14 heavy (non-hydrogen) atoms. The van der Waals surface area contributed by atoms with Gasteiger partial charge in [-0.05, 0) is 6.42 Å². The molecular formula is C12H13NO. The quantitative estimate of drug-likeness (QED) is 0.736. The maximum atomic E-state index is 5.61. The lowest BCUT2D eigenvalue weighted by Gasteiger charge is -2.06. The van der Waals surface area contributed by atoms with Crippen LogP contribution in [0, 0.1) is 0 Å². The standard InChI is InChI=1S/C12H13NO/c1-2-7-14-12-9-13-8-10-5-3-4-6-11(10)12/h3-6,8-9H,2,7H2,1H3. The van der Waals surface area contributed by atoms with E-state index < -0.39 is 0 Å². The van der Waals surface area contributed by atoms with Crippen molar-refractivity contribution >= 4 is 10.8 Å². The molecule has 0 spiro atoms. The number of aromatic nitrogens is 1. The number of nitrogens with zero attached hydrogens (tertiary/aromatic N) is 1. The van der Waals surface area contributed by atoms with Crippen LogP contribution in [-0.2, 0) is 0 Å². The van der Waals surface area contributed by atoms with E-state index in [0.29, 0.717) is 0 Å². The summed E-state index contributed by atoms with van der Waals surface area (Å²) in [6.45, 7) is 2.84. The highest BCUT2D eigenvalue weighted by molar-refractivity contribution is 5.87. The van der Waals surface area contributed by atoms with E-state index in [0.717, 1.165) is 29.5 Å². The Hall–Kier alpha value is -1.57. The van der Waals surface area contributed by atoms with Crippen molar-refractivity contribution in [2.24, 2.45) is 0 Å². The maximum Gasteiger partial charge on any atom is 0.145 e. The van der Waals surface area contributed by atoms with Gasteiger partial charge in [-0.2, -0.15) is 0 Å². The summed E-state index contributed by atoms with van der Waals surface area (Å²) >= 11 is 0. The second-order valence-electron chi connectivity index (χ2n) is 3.21. The maximum absolute atomic E-state index is 5.61. The van der Waals surface area contributed by atoms with Gasteiger partial charge in [0, 0.05) is 17.0 Å². The third kappa shape index (κ3) is 1.69. The smallest absolute Gasteiger partial charge is 0.145 e. The molecule has 2 aromatic rings. The molecule has 2 nitrogen and oxygen atoms in total. The van der Waals surface area contributed by atoms with Gasteiger partial charge >= 0.3 is 0 Å². The van der Waals surface area contributed by atoms with Crippen LogP contribution in [0.3, 0.4) is 0 Å². The van der Waals surface area contributed by atoms with Crippen LogP contribution in [-0.4, -0.2) is 11.6 Å². The molecule has 0 aliphatic rings. The number of ether oxygens (including phenoxy) is 1. The van der Waals surface area contributed by atoms with Gasteiger partial charge in [0.2, 0.25) is 0 Å².